The van der Waals surface area contributed by atoms with Gasteiger partial charge in [-0.25, -0.2) is 0 Å². The molecule has 10 aromatic carbocycles. The lowest BCUT2D eigenvalue weighted by molar-refractivity contribution is 0.753. The Balaban J connectivity index is 1.13. The summed E-state index contributed by atoms with van der Waals surface area (Å²) in [5.74, 6) is 0. The maximum Gasteiger partial charge on any atom is 0.333 e. The van der Waals surface area contributed by atoms with Gasteiger partial charge >= 0.3 is 6.85 Å². The predicted molar refractivity (Wildman–Crippen MR) is 259 cm³/mol. The van der Waals surface area contributed by atoms with Gasteiger partial charge in [-0.3, -0.25) is 0 Å². The van der Waals surface area contributed by atoms with E-state index in [9.17, 15) is 0 Å². The van der Waals surface area contributed by atoms with E-state index in [1.54, 1.807) is 0 Å². The second-order valence-electron chi connectivity index (χ2n) is 17.2. The summed E-state index contributed by atoms with van der Waals surface area (Å²) in [6.45, 7) is -0.110. The summed E-state index contributed by atoms with van der Waals surface area (Å²) in [5, 5.41) is 2.48. The molecule has 1 aliphatic carbocycles. The van der Waals surface area contributed by atoms with Crippen molar-refractivity contribution in [2.45, 2.75) is 5.41 Å². The Bertz CT molecular complexity index is 3440. The first-order valence-corrected chi connectivity index (χ1v) is 21.7. The lowest BCUT2D eigenvalue weighted by Crippen LogP contribution is -2.62. The molecule has 2 nitrogen and oxygen atoms in total. The highest BCUT2D eigenvalue weighted by atomic mass is 15.2. The van der Waals surface area contributed by atoms with E-state index in [2.05, 4.69) is 234 Å². The molecule has 1 spiro atoms. The lowest BCUT2D eigenvalue weighted by Gasteiger charge is -2.51. The molecular weight excluding hydrogens is 747 g/mol. The summed E-state index contributed by atoms with van der Waals surface area (Å²) >= 11 is 0. The van der Waals surface area contributed by atoms with E-state index in [0.29, 0.717) is 0 Å². The van der Waals surface area contributed by atoms with Crippen LogP contribution in [0.25, 0.3) is 55.3 Å². The van der Waals surface area contributed by atoms with E-state index < -0.39 is 5.41 Å². The first-order chi connectivity index (χ1) is 30.8. The van der Waals surface area contributed by atoms with Gasteiger partial charge in [0.2, 0.25) is 0 Å². The zero-order valence-corrected chi connectivity index (χ0v) is 33.8. The average Bonchev–Trinajstić information content (AvgIpc) is 3.64. The van der Waals surface area contributed by atoms with Crippen LogP contribution in [0.1, 0.15) is 22.3 Å². The molecule has 14 rings (SSSR count). The normalized spacial score (nSPS) is 14.2. The number of fused-ring (bicyclic) bond motifs is 14. The minimum absolute atomic E-state index is 0.110. The van der Waals surface area contributed by atoms with Crippen molar-refractivity contribution in [3.05, 3.63) is 247 Å². The quantitative estimate of drug-likeness (QED) is 0.165. The van der Waals surface area contributed by atoms with Crippen LogP contribution in [0.3, 0.4) is 0 Å². The molecule has 0 fully saturated rings. The van der Waals surface area contributed by atoms with Crippen molar-refractivity contribution in [2.75, 3.05) is 9.71 Å². The molecule has 0 radical (unpaired) electrons. The summed E-state index contributed by atoms with van der Waals surface area (Å²) in [5.41, 5.74) is 23.6. The maximum absolute atomic E-state index is 2.65. The Hall–Kier alpha value is -7.88. The van der Waals surface area contributed by atoms with Crippen LogP contribution in [0.4, 0.5) is 28.4 Å². The van der Waals surface area contributed by atoms with E-state index in [0.717, 1.165) is 0 Å². The number of nitrogens with zero attached hydrogens (tertiary/aromatic N) is 2. The van der Waals surface area contributed by atoms with Crippen molar-refractivity contribution in [3.63, 3.8) is 0 Å². The highest BCUT2D eigenvalue weighted by Crippen LogP contribution is 2.64. The van der Waals surface area contributed by atoms with Gasteiger partial charge in [-0.15, -0.1) is 0 Å². The molecule has 0 amide bonds. The van der Waals surface area contributed by atoms with Gasteiger partial charge in [-0.05, 0) is 125 Å². The van der Waals surface area contributed by atoms with Crippen LogP contribution >= 0.6 is 0 Å². The molecule has 0 saturated carbocycles. The van der Waals surface area contributed by atoms with Gasteiger partial charge in [0.1, 0.15) is 0 Å². The van der Waals surface area contributed by atoms with Gasteiger partial charge in [-0.1, -0.05) is 182 Å². The summed E-state index contributed by atoms with van der Waals surface area (Å²) < 4.78 is 0. The molecule has 286 valence electrons. The Morgan fingerprint density at radius 2 is 0.903 bits per heavy atom. The highest BCUT2D eigenvalue weighted by Gasteiger charge is 2.55. The van der Waals surface area contributed by atoms with Crippen molar-refractivity contribution < 1.29 is 0 Å². The summed E-state index contributed by atoms with van der Waals surface area (Å²) in [4.78, 5) is 5.29. The van der Waals surface area contributed by atoms with Crippen LogP contribution < -0.4 is 20.6 Å². The first-order valence-electron chi connectivity index (χ1n) is 21.7. The fraction of sp³-hybridized carbons (Fsp3) is 0.0169. The molecule has 62 heavy (non-hydrogen) atoms. The summed E-state index contributed by atoms with van der Waals surface area (Å²) in [7, 11) is 0. The molecular formula is C59H37BN2. The molecule has 0 unspecified atom stereocenters. The number of rotatable bonds is 3. The Morgan fingerprint density at radius 1 is 0.339 bits per heavy atom. The summed E-state index contributed by atoms with van der Waals surface area (Å²) in [6.07, 6.45) is 0. The number of benzene rings is 10. The van der Waals surface area contributed by atoms with Crippen LogP contribution in [-0.2, 0) is 5.41 Å². The lowest BCUT2D eigenvalue weighted by atomic mass is 9.42. The third-order valence-corrected chi connectivity index (χ3v) is 14.2. The van der Waals surface area contributed by atoms with Gasteiger partial charge < -0.3 is 9.71 Å². The van der Waals surface area contributed by atoms with Crippen molar-refractivity contribution in [1.29, 1.82) is 0 Å². The van der Waals surface area contributed by atoms with E-state index in [1.807, 2.05) is 0 Å². The van der Waals surface area contributed by atoms with Crippen molar-refractivity contribution in [1.82, 2.24) is 0 Å². The average molecular weight is 785 g/mol. The number of anilines is 5. The third kappa shape index (κ3) is 4.39. The number of para-hydroxylation sites is 2. The van der Waals surface area contributed by atoms with Gasteiger partial charge in [0.25, 0.3) is 0 Å². The zero-order valence-electron chi connectivity index (χ0n) is 33.8. The van der Waals surface area contributed by atoms with E-state index in [1.165, 1.54) is 117 Å². The maximum atomic E-state index is 2.65. The van der Waals surface area contributed by atoms with Gasteiger partial charge in [0, 0.05) is 28.3 Å². The Kier molecular flexibility index (Phi) is 6.88. The van der Waals surface area contributed by atoms with E-state index >= 15 is 0 Å². The van der Waals surface area contributed by atoms with Gasteiger partial charge in [-0.2, -0.15) is 0 Å². The standard InChI is InChI=1S/C59H37BN2/c1-3-16-38(17-4-1)40-30-32-44(33-31-40)62-55-36-42-21-8-7-20-41(42)34-47(55)48-35-43(39-18-5-2-6-19-39)37-56-57(48)60(62)53-28-15-27-52-58(53)61(56)54-29-14-13-26-51(54)59(52)49-24-11-9-22-45(49)46-23-10-12-25-50(46)59/h1-37H. The van der Waals surface area contributed by atoms with Gasteiger partial charge in [0.15, 0.2) is 0 Å². The molecule has 4 aliphatic rings. The molecule has 3 aliphatic heterocycles. The minimum Gasteiger partial charge on any atom is -0.376 e. The van der Waals surface area contributed by atoms with Crippen LogP contribution in [0.15, 0.2) is 224 Å². The molecule has 0 bridgehead atoms. The largest absolute Gasteiger partial charge is 0.376 e. The van der Waals surface area contributed by atoms with Crippen LogP contribution in [0.5, 0.6) is 0 Å². The molecule has 0 saturated heterocycles. The predicted octanol–water partition coefficient (Wildman–Crippen LogP) is 13.6. The van der Waals surface area contributed by atoms with Crippen molar-refractivity contribution in [2.24, 2.45) is 0 Å². The smallest absolute Gasteiger partial charge is 0.333 e. The van der Waals surface area contributed by atoms with Crippen LogP contribution in [0.2, 0.25) is 0 Å². The number of hydrogen-bond donors (Lipinski definition) is 0. The Labute approximate surface area is 361 Å². The van der Waals surface area contributed by atoms with Crippen LogP contribution in [0, 0.1) is 0 Å². The fourth-order valence-electron chi connectivity index (χ4n) is 11.7. The second-order valence-corrected chi connectivity index (χ2v) is 17.2. The Morgan fingerprint density at radius 3 is 1.61 bits per heavy atom. The SMILES string of the molecule is c1ccc(-c2ccc(N3B4c5cccc6c5N(c5ccccc5C65c6ccccc6-c6ccccc65)c5cc(-c6ccccc6)cc(c54)-c4cc5ccccc5cc43)cc2)cc1. The monoisotopic (exact) mass is 784 g/mol. The molecule has 0 N–H and O–H groups in total. The zero-order chi connectivity index (χ0) is 40.5. The molecule has 3 heteroatoms. The second kappa shape index (κ2) is 12.6. The molecule has 3 heterocycles. The topological polar surface area (TPSA) is 6.48 Å². The van der Waals surface area contributed by atoms with E-state index in [-0.39, 0.29) is 6.85 Å². The summed E-state index contributed by atoms with van der Waals surface area (Å²) in [6, 6.07) is 84.3. The first kappa shape index (κ1) is 33.9. The van der Waals surface area contributed by atoms with E-state index in [4.69, 9.17) is 0 Å². The van der Waals surface area contributed by atoms with Crippen LogP contribution in [-0.4, -0.2) is 6.85 Å². The highest BCUT2D eigenvalue weighted by molar-refractivity contribution is 6.93. The third-order valence-electron chi connectivity index (χ3n) is 14.2. The molecule has 0 atom stereocenters. The number of hydrogen-bond acceptors (Lipinski definition) is 2. The van der Waals surface area contributed by atoms with Crippen molar-refractivity contribution in [3.8, 4) is 44.5 Å². The molecule has 10 aromatic rings. The fourth-order valence-corrected chi connectivity index (χ4v) is 11.7. The molecule has 0 aromatic heterocycles. The minimum atomic E-state index is -0.506. The van der Waals surface area contributed by atoms with Crippen molar-refractivity contribution >= 4 is 57.0 Å². The van der Waals surface area contributed by atoms with Gasteiger partial charge in [0.05, 0.1) is 11.1 Å².